The SMILES string of the molecule is C[S+](CC(=O)C1CCCCC1)C(C)(C)C.O=S(=O)([O-])C(F)(F)F. The van der Waals surface area contributed by atoms with Gasteiger partial charge in [-0.25, -0.2) is 8.42 Å². The molecule has 1 aliphatic carbocycles. The van der Waals surface area contributed by atoms with Crippen molar-refractivity contribution in [2.45, 2.75) is 63.1 Å². The van der Waals surface area contributed by atoms with Crippen LogP contribution in [0.2, 0.25) is 0 Å². The molecular weight excluding hydrogens is 353 g/mol. The smallest absolute Gasteiger partial charge is 0.485 e. The number of carbonyl (C=O) groups excluding carboxylic acids is 1. The highest BCUT2D eigenvalue weighted by atomic mass is 32.2. The standard InChI is InChI=1S/C13H25OS.CHF3O3S/c1-13(2,3)15(4)10-12(14)11-8-6-5-7-9-11;2-1(3,4)8(5,6)7/h11H,5-10H2,1-4H3;(H,5,6,7)/q+1;/p-1. The van der Waals surface area contributed by atoms with Gasteiger partial charge in [0.05, 0.1) is 6.26 Å². The van der Waals surface area contributed by atoms with Gasteiger partial charge in [-0.15, -0.1) is 0 Å². The van der Waals surface area contributed by atoms with Crippen LogP contribution in [0.1, 0.15) is 52.9 Å². The third-order valence-corrected chi connectivity index (χ3v) is 7.12. The van der Waals surface area contributed by atoms with Crippen LogP contribution in [0.3, 0.4) is 0 Å². The van der Waals surface area contributed by atoms with Crippen molar-refractivity contribution in [3.63, 3.8) is 0 Å². The first-order chi connectivity index (χ1) is 10.2. The Morgan fingerprint density at radius 3 is 1.83 bits per heavy atom. The lowest BCUT2D eigenvalue weighted by Crippen LogP contribution is -2.35. The Kier molecular flexibility index (Phi) is 8.60. The highest BCUT2D eigenvalue weighted by Crippen LogP contribution is 2.26. The first-order valence-corrected chi connectivity index (χ1v) is 10.5. The lowest BCUT2D eigenvalue weighted by molar-refractivity contribution is -0.121. The number of alkyl halides is 3. The van der Waals surface area contributed by atoms with Crippen LogP contribution in [-0.2, 0) is 25.8 Å². The van der Waals surface area contributed by atoms with Crippen LogP contribution in [0, 0.1) is 5.92 Å². The molecule has 0 spiro atoms. The van der Waals surface area contributed by atoms with Gasteiger partial charge in [-0.3, -0.25) is 4.79 Å². The second-order valence-electron chi connectivity index (χ2n) is 6.59. The molecule has 0 aromatic rings. The number of halogens is 3. The van der Waals surface area contributed by atoms with E-state index in [9.17, 15) is 18.0 Å². The van der Waals surface area contributed by atoms with Crippen molar-refractivity contribution in [1.29, 1.82) is 0 Å². The van der Waals surface area contributed by atoms with E-state index >= 15 is 0 Å². The van der Waals surface area contributed by atoms with Gasteiger partial charge in [0.2, 0.25) is 0 Å². The summed E-state index contributed by atoms with van der Waals surface area (Å²) in [5.74, 6) is 1.75. The first-order valence-electron chi connectivity index (χ1n) is 7.33. The maximum Gasteiger partial charge on any atom is 0.485 e. The summed E-state index contributed by atoms with van der Waals surface area (Å²) in [4.78, 5) is 12.1. The molecule has 9 heteroatoms. The summed E-state index contributed by atoms with van der Waals surface area (Å²) in [5, 5.41) is 0. The van der Waals surface area contributed by atoms with Crippen molar-refractivity contribution in [2.75, 3.05) is 12.0 Å². The molecule has 0 aromatic heterocycles. The molecule has 0 aliphatic heterocycles. The van der Waals surface area contributed by atoms with Crippen LogP contribution in [0.5, 0.6) is 0 Å². The van der Waals surface area contributed by atoms with E-state index in [0.29, 0.717) is 16.4 Å². The second kappa shape index (κ2) is 8.71. The lowest BCUT2D eigenvalue weighted by Gasteiger charge is -2.22. The highest BCUT2D eigenvalue weighted by molar-refractivity contribution is 7.98. The summed E-state index contributed by atoms with van der Waals surface area (Å²) >= 11 is 0. The molecule has 1 saturated carbocycles. The molecule has 23 heavy (non-hydrogen) atoms. The number of carbonyl (C=O) groups is 1. The maximum absolute atomic E-state index is 12.1. The topological polar surface area (TPSA) is 74.3 Å². The largest absolute Gasteiger partial charge is 0.741 e. The summed E-state index contributed by atoms with van der Waals surface area (Å²) in [7, 11) is -5.86. The molecule has 0 N–H and O–H groups in total. The van der Waals surface area contributed by atoms with Gasteiger partial charge < -0.3 is 4.55 Å². The van der Waals surface area contributed by atoms with Gasteiger partial charge in [0.1, 0.15) is 4.75 Å². The molecule has 1 aliphatic rings. The van der Waals surface area contributed by atoms with E-state index in [-0.39, 0.29) is 10.9 Å². The summed E-state index contributed by atoms with van der Waals surface area (Å²) in [6.07, 6.45) is 8.41. The van der Waals surface area contributed by atoms with Crippen molar-refractivity contribution in [3.05, 3.63) is 0 Å². The number of rotatable bonds is 3. The summed E-state index contributed by atoms with van der Waals surface area (Å²) < 4.78 is 59.2. The number of Topliss-reactive ketones (excluding diaryl/α,β-unsaturated/α-hetero) is 1. The Hall–Kier alpha value is -0.280. The molecule has 0 radical (unpaired) electrons. The zero-order chi connectivity index (χ0) is 18.5. The third kappa shape index (κ3) is 8.95. The molecule has 0 amide bonds. The van der Waals surface area contributed by atoms with Gasteiger partial charge in [0.25, 0.3) is 0 Å². The quantitative estimate of drug-likeness (QED) is 0.429. The highest BCUT2D eigenvalue weighted by Gasteiger charge is 2.37. The van der Waals surface area contributed by atoms with E-state index in [4.69, 9.17) is 13.0 Å². The normalized spacial score (nSPS) is 18.8. The monoisotopic (exact) mass is 378 g/mol. The van der Waals surface area contributed by atoms with E-state index in [1.165, 1.54) is 19.3 Å². The molecule has 1 unspecified atom stereocenters. The fourth-order valence-electron chi connectivity index (χ4n) is 1.97. The van der Waals surface area contributed by atoms with Gasteiger partial charge in [-0.05, 0) is 44.5 Å². The van der Waals surface area contributed by atoms with Crippen LogP contribution in [0.15, 0.2) is 0 Å². The zero-order valence-electron chi connectivity index (χ0n) is 13.9. The fraction of sp³-hybridized carbons (Fsp3) is 0.929. The Bertz CT molecular complexity index is 475. The minimum Gasteiger partial charge on any atom is -0.741 e. The maximum atomic E-state index is 12.1. The molecular formula is C14H25F3O4S2. The molecule has 1 atom stereocenters. The van der Waals surface area contributed by atoms with E-state index in [2.05, 4.69) is 27.0 Å². The third-order valence-electron chi connectivity index (χ3n) is 3.75. The molecule has 1 rings (SSSR count). The fourth-order valence-corrected chi connectivity index (χ4v) is 3.07. The van der Waals surface area contributed by atoms with Crippen molar-refractivity contribution in [1.82, 2.24) is 0 Å². The van der Waals surface area contributed by atoms with Crippen LogP contribution in [-0.4, -0.2) is 41.0 Å². The first kappa shape index (κ1) is 22.7. The molecule has 1 fully saturated rings. The number of hydrogen-bond acceptors (Lipinski definition) is 4. The zero-order valence-corrected chi connectivity index (χ0v) is 15.5. The van der Waals surface area contributed by atoms with Gasteiger partial charge >= 0.3 is 5.51 Å². The second-order valence-corrected chi connectivity index (χ2v) is 10.8. The van der Waals surface area contributed by atoms with Crippen LogP contribution in [0.4, 0.5) is 13.2 Å². The van der Waals surface area contributed by atoms with Crippen molar-refractivity contribution >= 4 is 26.8 Å². The molecule has 0 bridgehead atoms. The minimum atomic E-state index is -6.09. The number of hydrogen-bond donors (Lipinski definition) is 0. The molecule has 138 valence electrons. The van der Waals surface area contributed by atoms with E-state index < -0.39 is 15.6 Å². The minimum absolute atomic E-state index is 0.231. The van der Waals surface area contributed by atoms with Crippen LogP contribution in [0.25, 0.3) is 0 Å². The van der Waals surface area contributed by atoms with Gasteiger partial charge in [0.15, 0.2) is 21.7 Å². The Balaban J connectivity index is 0.000000515. The molecule has 4 nitrogen and oxygen atoms in total. The average molecular weight is 378 g/mol. The molecule has 0 saturated heterocycles. The predicted octanol–water partition coefficient (Wildman–Crippen LogP) is 3.23. The molecule has 0 heterocycles. The van der Waals surface area contributed by atoms with Crippen LogP contribution >= 0.6 is 0 Å². The van der Waals surface area contributed by atoms with Crippen molar-refractivity contribution < 1.29 is 30.9 Å². The molecule has 0 aromatic carbocycles. The van der Waals surface area contributed by atoms with E-state index in [1.54, 1.807) is 0 Å². The van der Waals surface area contributed by atoms with Gasteiger partial charge in [-0.1, -0.05) is 19.3 Å². The van der Waals surface area contributed by atoms with Crippen molar-refractivity contribution in [3.8, 4) is 0 Å². The van der Waals surface area contributed by atoms with E-state index in [0.717, 1.165) is 18.6 Å². The average Bonchev–Trinajstić information content (AvgIpc) is 2.37. The van der Waals surface area contributed by atoms with Crippen LogP contribution < -0.4 is 0 Å². The Labute approximate surface area is 139 Å². The summed E-state index contributed by atoms with van der Waals surface area (Å²) in [6, 6.07) is 0. The Morgan fingerprint density at radius 1 is 1.13 bits per heavy atom. The van der Waals surface area contributed by atoms with Crippen molar-refractivity contribution in [2.24, 2.45) is 5.92 Å². The lowest BCUT2D eigenvalue weighted by atomic mass is 9.87. The van der Waals surface area contributed by atoms with Gasteiger partial charge in [0, 0.05) is 5.92 Å². The predicted molar refractivity (Wildman–Crippen MR) is 85.2 cm³/mol. The van der Waals surface area contributed by atoms with Gasteiger partial charge in [-0.2, -0.15) is 13.2 Å². The summed E-state index contributed by atoms with van der Waals surface area (Å²) in [5.41, 5.74) is -5.65. The Morgan fingerprint density at radius 2 is 1.52 bits per heavy atom. The van der Waals surface area contributed by atoms with E-state index in [1.807, 2.05) is 0 Å². The summed E-state index contributed by atoms with van der Waals surface area (Å²) in [6.45, 7) is 6.72. The number of ketones is 1.